The average Bonchev–Trinajstić information content (AvgIpc) is 3.14. The summed E-state index contributed by atoms with van der Waals surface area (Å²) in [5.74, 6) is 1.81. The Kier molecular flexibility index (Phi) is 10.6. The van der Waals surface area contributed by atoms with Gasteiger partial charge in [-0.1, -0.05) is 6.07 Å². The Morgan fingerprint density at radius 2 is 1.85 bits per heavy atom. The Morgan fingerprint density at radius 1 is 1.15 bits per heavy atom. The number of rotatable bonds is 7. The van der Waals surface area contributed by atoms with Crippen LogP contribution in [0.1, 0.15) is 65.6 Å². The molecule has 1 aliphatic carbocycles. The van der Waals surface area contributed by atoms with E-state index < -0.39 is 5.60 Å². The second-order valence-electron chi connectivity index (χ2n) is 9.25. The highest BCUT2D eigenvalue weighted by molar-refractivity contribution is 14.0. The van der Waals surface area contributed by atoms with Crippen molar-refractivity contribution >= 4 is 41.7 Å². The predicted octanol–water partition coefficient (Wildman–Crippen LogP) is 3.67. The highest BCUT2D eigenvalue weighted by Crippen LogP contribution is 2.19. The SMILES string of the molecule is CCNC(=NCCCc1nnc2ccccn12)NC1CCC(NC(=O)OC(C)(C)C)CC1.I. The Balaban J connectivity index is 0.00000385. The van der Waals surface area contributed by atoms with E-state index in [1.54, 1.807) is 0 Å². The summed E-state index contributed by atoms with van der Waals surface area (Å²) < 4.78 is 7.39. The number of ether oxygens (including phenoxy) is 1. The molecule has 184 valence electrons. The number of alkyl carbamates (subject to hydrolysis) is 1. The zero-order chi connectivity index (χ0) is 23.0. The van der Waals surface area contributed by atoms with Crippen molar-refractivity contribution in [3.05, 3.63) is 30.2 Å². The van der Waals surface area contributed by atoms with Gasteiger partial charge in [0.2, 0.25) is 0 Å². The first-order chi connectivity index (χ1) is 15.3. The molecule has 2 aromatic heterocycles. The normalized spacial score (nSPS) is 19.0. The number of aromatic nitrogens is 3. The van der Waals surface area contributed by atoms with Gasteiger partial charge in [0.05, 0.1) is 0 Å². The van der Waals surface area contributed by atoms with Gasteiger partial charge in [-0.2, -0.15) is 0 Å². The van der Waals surface area contributed by atoms with Gasteiger partial charge in [0.25, 0.3) is 0 Å². The number of carbonyl (C=O) groups excluding carboxylic acids is 1. The van der Waals surface area contributed by atoms with Crippen molar-refractivity contribution < 1.29 is 9.53 Å². The molecule has 0 spiro atoms. The molecule has 10 heteroatoms. The number of aryl methyl sites for hydroxylation is 1. The number of carbonyl (C=O) groups is 1. The zero-order valence-corrected chi connectivity index (χ0v) is 22.5. The summed E-state index contributed by atoms with van der Waals surface area (Å²) in [6.07, 6.45) is 7.21. The minimum Gasteiger partial charge on any atom is -0.444 e. The molecule has 2 aromatic rings. The summed E-state index contributed by atoms with van der Waals surface area (Å²) in [5.41, 5.74) is 0.402. The summed E-state index contributed by atoms with van der Waals surface area (Å²) >= 11 is 0. The number of nitrogens with zero attached hydrogens (tertiary/aromatic N) is 4. The summed E-state index contributed by atoms with van der Waals surface area (Å²) in [6, 6.07) is 6.43. The van der Waals surface area contributed by atoms with Crippen LogP contribution in [0.3, 0.4) is 0 Å². The third-order valence-electron chi connectivity index (χ3n) is 5.35. The lowest BCUT2D eigenvalue weighted by Gasteiger charge is -2.31. The fourth-order valence-electron chi connectivity index (χ4n) is 3.86. The Labute approximate surface area is 213 Å². The number of pyridine rings is 1. The average molecular weight is 572 g/mol. The van der Waals surface area contributed by atoms with E-state index in [0.29, 0.717) is 12.6 Å². The Bertz CT molecular complexity index is 902. The van der Waals surface area contributed by atoms with E-state index in [4.69, 9.17) is 9.73 Å². The zero-order valence-electron chi connectivity index (χ0n) is 20.1. The molecule has 2 heterocycles. The monoisotopic (exact) mass is 571 g/mol. The van der Waals surface area contributed by atoms with E-state index in [1.807, 2.05) is 49.6 Å². The maximum Gasteiger partial charge on any atom is 0.407 e. The van der Waals surface area contributed by atoms with Crippen LogP contribution in [0.15, 0.2) is 29.4 Å². The van der Waals surface area contributed by atoms with E-state index in [9.17, 15) is 4.79 Å². The second kappa shape index (κ2) is 13.0. The molecule has 0 aromatic carbocycles. The van der Waals surface area contributed by atoms with Crippen LogP contribution in [0.2, 0.25) is 0 Å². The number of aliphatic imine (C=N–C) groups is 1. The van der Waals surface area contributed by atoms with Gasteiger partial charge in [0, 0.05) is 37.8 Å². The smallest absolute Gasteiger partial charge is 0.407 e. The third-order valence-corrected chi connectivity index (χ3v) is 5.35. The molecule has 0 radical (unpaired) electrons. The first kappa shape index (κ1) is 27.1. The van der Waals surface area contributed by atoms with Gasteiger partial charge in [0.15, 0.2) is 11.6 Å². The maximum atomic E-state index is 12.0. The second-order valence-corrected chi connectivity index (χ2v) is 9.25. The summed E-state index contributed by atoms with van der Waals surface area (Å²) in [5, 5.41) is 18.4. The van der Waals surface area contributed by atoms with Crippen molar-refractivity contribution in [2.24, 2.45) is 4.99 Å². The molecule has 3 rings (SSSR count). The van der Waals surface area contributed by atoms with Crippen molar-refractivity contribution in [1.29, 1.82) is 0 Å². The predicted molar refractivity (Wildman–Crippen MR) is 141 cm³/mol. The molecule has 0 saturated heterocycles. The van der Waals surface area contributed by atoms with E-state index in [2.05, 4.69) is 33.1 Å². The van der Waals surface area contributed by atoms with E-state index in [-0.39, 0.29) is 36.1 Å². The Morgan fingerprint density at radius 3 is 2.52 bits per heavy atom. The Hall–Kier alpha value is -2.11. The minimum atomic E-state index is -0.471. The molecule has 0 unspecified atom stereocenters. The lowest BCUT2D eigenvalue weighted by molar-refractivity contribution is 0.0490. The lowest BCUT2D eigenvalue weighted by Crippen LogP contribution is -2.48. The van der Waals surface area contributed by atoms with Crippen LogP contribution in [-0.2, 0) is 11.2 Å². The van der Waals surface area contributed by atoms with Crippen LogP contribution in [-0.4, -0.2) is 57.4 Å². The van der Waals surface area contributed by atoms with Crippen LogP contribution in [0.25, 0.3) is 5.65 Å². The molecule has 0 bridgehead atoms. The molecule has 3 N–H and O–H groups in total. The highest BCUT2D eigenvalue weighted by atomic mass is 127. The number of fused-ring (bicyclic) bond motifs is 1. The van der Waals surface area contributed by atoms with Gasteiger partial charge in [-0.25, -0.2) is 4.79 Å². The molecule has 0 atom stereocenters. The van der Waals surface area contributed by atoms with Crippen LogP contribution < -0.4 is 16.0 Å². The molecular weight excluding hydrogens is 533 g/mol. The number of halogens is 1. The van der Waals surface area contributed by atoms with Gasteiger partial charge in [-0.05, 0) is 71.9 Å². The standard InChI is InChI=1S/C23H37N7O2.HI/c1-5-24-21(25-15-8-10-20-29-28-19-9-6-7-16-30(19)20)26-17-11-13-18(14-12-17)27-22(31)32-23(2,3)4;/h6-7,9,16-18H,5,8,10-15H2,1-4H3,(H,27,31)(H2,24,25,26);1H. The largest absolute Gasteiger partial charge is 0.444 e. The van der Waals surface area contributed by atoms with E-state index >= 15 is 0 Å². The molecule has 9 nitrogen and oxygen atoms in total. The summed E-state index contributed by atoms with van der Waals surface area (Å²) in [6.45, 7) is 9.24. The van der Waals surface area contributed by atoms with Gasteiger partial charge in [0.1, 0.15) is 11.4 Å². The van der Waals surface area contributed by atoms with E-state index in [1.165, 1.54) is 0 Å². The maximum absolute atomic E-state index is 12.0. The van der Waals surface area contributed by atoms with Gasteiger partial charge in [-0.15, -0.1) is 34.2 Å². The number of nitrogens with one attached hydrogen (secondary N) is 3. The van der Waals surface area contributed by atoms with Crippen molar-refractivity contribution in [1.82, 2.24) is 30.5 Å². The molecule has 1 amide bonds. The lowest BCUT2D eigenvalue weighted by atomic mass is 9.91. The topological polar surface area (TPSA) is 105 Å². The van der Waals surface area contributed by atoms with Gasteiger partial charge < -0.3 is 20.7 Å². The molecule has 33 heavy (non-hydrogen) atoms. The number of guanidine groups is 1. The van der Waals surface area contributed by atoms with Crippen LogP contribution in [0, 0.1) is 0 Å². The molecule has 1 aliphatic rings. The molecular formula is C23H38IN7O2. The fourth-order valence-corrected chi connectivity index (χ4v) is 3.86. The molecule has 1 saturated carbocycles. The highest BCUT2D eigenvalue weighted by Gasteiger charge is 2.25. The van der Waals surface area contributed by atoms with Crippen LogP contribution in [0.5, 0.6) is 0 Å². The molecule has 0 aliphatic heterocycles. The quantitative estimate of drug-likeness (QED) is 0.203. The first-order valence-corrected chi connectivity index (χ1v) is 11.7. The minimum absolute atomic E-state index is 0. The summed E-state index contributed by atoms with van der Waals surface area (Å²) in [4.78, 5) is 16.7. The van der Waals surface area contributed by atoms with Crippen LogP contribution >= 0.6 is 24.0 Å². The van der Waals surface area contributed by atoms with Gasteiger partial charge in [-0.3, -0.25) is 9.39 Å². The van der Waals surface area contributed by atoms with Crippen molar-refractivity contribution in [2.45, 2.75) is 83.9 Å². The van der Waals surface area contributed by atoms with Crippen molar-refractivity contribution in [3.63, 3.8) is 0 Å². The molecule has 1 fully saturated rings. The number of hydrogen-bond acceptors (Lipinski definition) is 5. The van der Waals surface area contributed by atoms with Crippen molar-refractivity contribution in [2.75, 3.05) is 13.1 Å². The van der Waals surface area contributed by atoms with Crippen LogP contribution in [0.4, 0.5) is 4.79 Å². The number of hydrogen-bond donors (Lipinski definition) is 3. The summed E-state index contributed by atoms with van der Waals surface area (Å²) in [7, 11) is 0. The first-order valence-electron chi connectivity index (χ1n) is 11.7. The fraction of sp³-hybridized carbons (Fsp3) is 0.652. The number of amides is 1. The van der Waals surface area contributed by atoms with E-state index in [0.717, 1.165) is 62.5 Å². The van der Waals surface area contributed by atoms with Gasteiger partial charge >= 0.3 is 6.09 Å². The van der Waals surface area contributed by atoms with Crippen molar-refractivity contribution in [3.8, 4) is 0 Å². The third kappa shape index (κ3) is 8.98.